The number of H-pyrrole nitrogens is 1. The van der Waals surface area contributed by atoms with Gasteiger partial charge in [-0.05, 0) is 5.92 Å². The molecule has 1 aromatic rings. The Labute approximate surface area is 75.7 Å². The number of aromatic nitrogens is 2. The summed E-state index contributed by atoms with van der Waals surface area (Å²) in [4.78, 5) is 10.4. The third-order valence-electron chi connectivity index (χ3n) is 1.35. The highest BCUT2D eigenvalue weighted by molar-refractivity contribution is 5.85. The summed E-state index contributed by atoms with van der Waals surface area (Å²) in [6.07, 6.45) is 0. The molecule has 1 rings (SSSR count). The highest BCUT2D eigenvalue weighted by Crippen LogP contribution is 2.09. The predicted molar refractivity (Wildman–Crippen MR) is 45.9 cm³/mol. The van der Waals surface area contributed by atoms with E-state index >= 15 is 0 Å². The molecule has 0 aromatic carbocycles. The molecule has 2 N–H and O–H groups in total. The van der Waals surface area contributed by atoms with Crippen LogP contribution in [0.15, 0.2) is 6.07 Å². The average molecular weight is 184 g/mol. The molecule has 0 aliphatic rings. The number of carboxylic acid groups (broad SMARTS) is 1. The largest absolute Gasteiger partial charge is 0.477 e. The van der Waals surface area contributed by atoms with Gasteiger partial charge in [-0.2, -0.15) is 0 Å². The Hall–Kier alpha value is -1.52. The van der Waals surface area contributed by atoms with Crippen LogP contribution in [0.2, 0.25) is 0 Å². The molecule has 0 amide bonds. The highest BCUT2D eigenvalue weighted by atomic mass is 16.5. The van der Waals surface area contributed by atoms with Crippen LogP contribution in [0.4, 0.5) is 0 Å². The van der Waals surface area contributed by atoms with Gasteiger partial charge in [-0.15, -0.1) is 5.10 Å². The van der Waals surface area contributed by atoms with Gasteiger partial charge < -0.3 is 9.84 Å². The van der Waals surface area contributed by atoms with Gasteiger partial charge in [0.1, 0.15) is 5.69 Å². The molecule has 0 atom stereocenters. The minimum absolute atomic E-state index is 0.0405. The summed E-state index contributed by atoms with van der Waals surface area (Å²) < 4.78 is 5.19. The standard InChI is InChI=1S/C8H12N2O3/c1-5(2)4-13-7-3-6(8(11)12)9-10-7/h3,5H,4H2,1-2H3,(H,9,10)(H,11,12). The average Bonchev–Trinajstić information content (AvgIpc) is 2.48. The first kappa shape index (κ1) is 9.57. The number of carbonyl (C=O) groups is 1. The number of carboxylic acids is 1. The molecule has 0 saturated heterocycles. The van der Waals surface area contributed by atoms with Crippen molar-refractivity contribution in [3.8, 4) is 5.88 Å². The maximum absolute atomic E-state index is 10.4. The van der Waals surface area contributed by atoms with Crippen molar-refractivity contribution >= 4 is 5.97 Å². The van der Waals surface area contributed by atoms with Crippen molar-refractivity contribution < 1.29 is 14.6 Å². The topological polar surface area (TPSA) is 75.2 Å². The Morgan fingerprint density at radius 1 is 1.77 bits per heavy atom. The van der Waals surface area contributed by atoms with Crippen LogP contribution in [-0.2, 0) is 0 Å². The summed E-state index contributed by atoms with van der Waals surface area (Å²) >= 11 is 0. The maximum Gasteiger partial charge on any atom is 0.354 e. The predicted octanol–water partition coefficient (Wildman–Crippen LogP) is 1.14. The van der Waals surface area contributed by atoms with Crippen LogP contribution in [0.25, 0.3) is 0 Å². The number of aromatic amines is 1. The van der Waals surface area contributed by atoms with Gasteiger partial charge in [0, 0.05) is 6.07 Å². The zero-order valence-corrected chi connectivity index (χ0v) is 7.57. The molecule has 5 heteroatoms. The van der Waals surface area contributed by atoms with Gasteiger partial charge in [0.05, 0.1) is 6.61 Å². The molecule has 13 heavy (non-hydrogen) atoms. The van der Waals surface area contributed by atoms with Gasteiger partial charge >= 0.3 is 5.97 Å². The van der Waals surface area contributed by atoms with Gasteiger partial charge in [-0.1, -0.05) is 13.8 Å². The van der Waals surface area contributed by atoms with E-state index in [1.165, 1.54) is 6.07 Å². The van der Waals surface area contributed by atoms with Crippen LogP contribution in [0, 0.1) is 5.92 Å². The van der Waals surface area contributed by atoms with Crippen LogP contribution >= 0.6 is 0 Å². The summed E-state index contributed by atoms with van der Waals surface area (Å²) in [6.45, 7) is 4.54. The molecule has 0 unspecified atom stereocenters. The summed E-state index contributed by atoms with van der Waals surface area (Å²) in [5, 5.41) is 14.6. The maximum atomic E-state index is 10.4. The number of hydrogen-bond acceptors (Lipinski definition) is 3. The van der Waals surface area contributed by atoms with Crippen molar-refractivity contribution in [2.45, 2.75) is 13.8 Å². The lowest BCUT2D eigenvalue weighted by Crippen LogP contribution is -2.04. The molecule has 0 fully saturated rings. The van der Waals surface area contributed by atoms with Crippen LogP contribution in [0.5, 0.6) is 5.88 Å². The van der Waals surface area contributed by atoms with Crippen molar-refractivity contribution in [3.05, 3.63) is 11.8 Å². The molecule has 72 valence electrons. The number of ether oxygens (including phenoxy) is 1. The fourth-order valence-electron chi connectivity index (χ4n) is 0.739. The molecular weight excluding hydrogens is 172 g/mol. The summed E-state index contributed by atoms with van der Waals surface area (Å²) in [5.41, 5.74) is 0.0405. The molecule has 0 saturated carbocycles. The Morgan fingerprint density at radius 3 is 2.92 bits per heavy atom. The zero-order chi connectivity index (χ0) is 9.84. The Morgan fingerprint density at radius 2 is 2.46 bits per heavy atom. The number of nitrogens with zero attached hydrogens (tertiary/aromatic N) is 1. The summed E-state index contributed by atoms with van der Waals surface area (Å²) in [7, 11) is 0. The van der Waals surface area contributed by atoms with Crippen molar-refractivity contribution in [2.75, 3.05) is 6.61 Å². The second-order valence-corrected chi connectivity index (χ2v) is 3.13. The first-order valence-corrected chi connectivity index (χ1v) is 4.01. The highest BCUT2D eigenvalue weighted by Gasteiger charge is 2.08. The van der Waals surface area contributed by atoms with Crippen LogP contribution in [0.1, 0.15) is 24.3 Å². The smallest absolute Gasteiger partial charge is 0.354 e. The van der Waals surface area contributed by atoms with E-state index in [2.05, 4.69) is 10.2 Å². The SMILES string of the molecule is CC(C)COc1cc(C(=O)O)[nH]n1. The lowest BCUT2D eigenvalue weighted by atomic mass is 10.2. The molecule has 0 radical (unpaired) electrons. The van der Waals surface area contributed by atoms with Gasteiger partial charge in [0.25, 0.3) is 0 Å². The normalized spacial score (nSPS) is 10.4. The van der Waals surface area contributed by atoms with E-state index in [-0.39, 0.29) is 5.69 Å². The number of rotatable bonds is 4. The molecule has 1 aromatic heterocycles. The first-order chi connectivity index (χ1) is 6.09. The van der Waals surface area contributed by atoms with Gasteiger partial charge in [-0.25, -0.2) is 4.79 Å². The molecule has 0 bridgehead atoms. The number of hydrogen-bond donors (Lipinski definition) is 2. The second kappa shape index (κ2) is 3.93. The fourth-order valence-corrected chi connectivity index (χ4v) is 0.739. The Bertz CT molecular complexity index is 293. The first-order valence-electron chi connectivity index (χ1n) is 4.01. The van der Waals surface area contributed by atoms with Crippen LogP contribution in [0.3, 0.4) is 0 Å². The quantitative estimate of drug-likeness (QED) is 0.735. The second-order valence-electron chi connectivity index (χ2n) is 3.13. The molecule has 0 spiro atoms. The molecule has 1 heterocycles. The van der Waals surface area contributed by atoms with E-state index in [9.17, 15) is 4.79 Å². The summed E-state index contributed by atoms with van der Waals surface area (Å²) in [5.74, 6) is -0.317. The molecule has 5 nitrogen and oxygen atoms in total. The minimum Gasteiger partial charge on any atom is -0.477 e. The molecule has 0 aliphatic carbocycles. The Kier molecular flexibility index (Phi) is 2.89. The van der Waals surface area contributed by atoms with Crippen molar-refractivity contribution in [1.29, 1.82) is 0 Å². The molecular formula is C8H12N2O3. The van der Waals surface area contributed by atoms with E-state index in [4.69, 9.17) is 9.84 Å². The van der Waals surface area contributed by atoms with Gasteiger partial charge in [-0.3, -0.25) is 5.10 Å². The van der Waals surface area contributed by atoms with Crippen molar-refractivity contribution in [3.63, 3.8) is 0 Å². The lowest BCUT2D eigenvalue weighted by Gasteiger charge is -2.03. The fraction of sp³-hybridized carbons (Fsp3) is 0.500. The number of nitrogens with one attached hydrogen (secondary N) is 1. The summed E-state index contributed by atoms with van der Waals surface area (Å²) in [6, 6.07) is 1.37. The van der Waals surface area contributed by atoms with Crippen LogP contribution in [-0.4, -0.2) is 27.9 Å². The third kappa shape index (κ3) is 2.77. The van der Waals surface area contributed by atoms with E-state index < -0.39 is 5.97 Å². The third-order valence-corrected chi connectivity index (χ3v) is 1.35. The van der Waals surface area contributed by atoms with E-state index in [0.717, 1.165) is 0 Å². The van der Waals surface area contributed by atoms with Crippen molar-refractivity contribution in [1.82, 2.24) is 10.2 Å². The lowest BCUT2D eigenvalue weighted by molar-refractivity contribution is 0.0690. The Balaban J connectivity index is 2.54. The monoisotopic (exact) mass is 184 g/mol. The molecule has 0 aliphatic heterocycles. The number of aromatic carboxylic acids is 1. The van der Waals surface area contributed by atoms with E-state index in [0.29, 0.717) is 18.4 Å². The van der Waals surface area contributed by atoms with Crippen molar-refractivity contribution in [2.24, 2.45) is 5.92 Å². The van der Waals surface area contributed by atoms with Gasteiger partial charge in [0.2, 0.25) is 5.88 Å². The zero-order valence-electron chi connectivity index (χ0n) is 7.57. The van der Waals surface area contributed by atoms with E-state index in [1.54, 1.807) is 0 Å². The van der Waals surface area contributed by atoms with Crippen LogP contribution < -0.4 is 4.74 Å². The minimum atomic E-state index is -1.04. The van der Waals surface area contributed by atoms with E-state index in [1.807, 2.05) is 13.8 Å². The van der Waals surface area contributed by atoms with Gasteiger partial charge in [0.15, 0.2) is 0 Å².